The van der Waals surface area contributed by atoms with Crippen LogP contribution in [-0.4, -0.2) is 42.7 Å². The first kappa shape index (κ1) is 28.8. The van der Waals surface area contributed by atoms with Crippen LogP contribution in [0, 0.1) is 0 Å². The minimum atomic E-state index is 0.413. The second-order valence-corrected chi connectivity index (χ2v) is 11.2. The molecular formula is C40H28N8. The van der Waals surface area contributed by atoms with Gasteiger partial charge in [0.05, 0.1) is 12.2 Å². The molecule has 0 radical (unpaired) electrons. The molecule has 0 bridgehead atoms. The summed E-state index contributed by atoms with van der Waals surface area (Å²) in [6.07, 6.45) is 8.90. The predicted molar refractivity (Wildman–Crippen MR) is 194 cm³/mol. The van der Waals surface area contributed by atoms with Crippen LogP contribution >= 0.6 is 0 Å². The summed E-state index contributed by atoms with van der Waals surface area (Å²) in [5.41, 5.74) is 9.33. The number of hydrogen-bond donors (Lipinski definition) is 0. The molecule has 8 rings (SSSR count). The van der Waals surface area contributed by atoms with Crippen LogP contribution in [-0.2, 0) is 6.54 Å². The molecule has 8 aromatic rings. The number of amidine groups is 2. The average Bonchev–Trinajstić information content (AvgIpc) is 3.54. The fourth-order valence-electron chi connectivity index (χ4n) is 5.89. The van der Waals surface area contributed by atoms with Gasteiger partial charge in [0.25, 0.3) is 0 Å². The summed E-state index contributed by atoms with van der Waals surface area (Å²) >= 11 is 0. The van der Waals surface area contributed by atoms with E-state index in [-0.39, 0.29) is 0 Å². The van der Waals surface area contributed by atoms with Crippen LogP contribution in [0.15, 0.2) is 161 Å². The zero-order valence-electron chi connectivity index (χ0n) is 25.8. The summed E-state index contributed by atoms with van der Waals surface area (Å²) in [5.74, 6) is 0.960. The Morgan fingerprint density at radius 1 is 0.646 bits per heavy atom. The highest BCUT2D eigenvalue weighted by Gasteiger charge is 2.15. The smallest absolute Gasteiger partial charge is 0.165 e. The van der Waals surface area contributed by atoms with E-state index >= 15 is 0 Å². The number of aliphatic imine (C=N–C) groups is 3. The van der Waals surface area contributed by atoms with Crippen molar-refractivity contribution in [2.75, 3.05) is 0 Å². The van der Waals surface area contributed by atoms with E-state index < -0.39 is 0 Å². The normalized spacial score (nSPS) is 12.2. The largest absolute Gasteiger partial charge is 0.284 e. The molecule has 5 aromatic heterocycles. The fourth-order valence-corrected chi connectivity index (χ4v) is 5.89. The Balaban J connectivity index is 1.16. The van der Waals surface area contributed by atoms with Gasteiger partial charge in [0.2, 0.25) is 0 Å². The highest BCUT2D eigenvalue weighted by atomic mass is 15.1. The maximum absolute atomic E-state index is 5.19. The van der Waals surface area contributed by atoms with Gasteiger partial charge in [-0.1, -0.05) is 66.7 Å². The number of nitrogens with zero attached hydrogens (tertiary/aromatic N) is 8. The fraction of sp³-hybridized carbons (Fsp3) is 0.0250. The van der Waals surface area contributed by atoms with Crippen LogP contribution in [0.4, 0.5) is 0 Å². The number of benzene rings is 3. The summed E-state index contributed by atoms with van der Waals surface area (Å²) < 4.78 is 2.05. The molecule has 8 nitrogen and oxygen atoms in total. The van der Waals surface area contributed by atoms with Crippen molar-refractivity contribution in [3.63, 3.8) is 0 Å². The third kappa shape index (κ3) is 5.52. The van der Waals surface area contributed by atoms with E-state index in [4.69, 9.17) is 20.0 Å². The molecule has 0 aliphatic carbocycles. The van der Waals surface area contributed by atoms with Crippen molar-refractivity contribution in [3.8, 4) is 22.4 Å². The zero-order valence-corrected chi connectivity index (χ0v) is 25.8. The van der Waals surface area contributed by atoms with E-state index in [9.17, 15) is 0 Å². The van der Waals surface area contributed by atoms with Crippen molar-refractivity contribution in [2.24, 2.45) is 15.0 Å². The van der Waals surface area contributed by atoms with Crippen molar-refractivity contribution in [1.82, 2.24) is 24.3 Å². The predicted octanol–water partition coefficient (Wildman–Crippen LogP) is 8.25. The van der Waals surface area contributed by atoms with Crippen molar-refractivity contribution < 1.29 is 0 Å². The summed E-state index contributed by atoms with van der Waals surface area (Å²) in [7, 11) is 0. The molecule has 0 aliphatic rings. The second kappa shape index (κ2) is 12.6. The minimum Gasteiger partial charge on any atom is -0.284 e. The molecule has 0 unspecified atom stereocenters. The first-order chi connectivity index (χ1) is 23.7. The number of hydrogen-bond acceptors (Lipinski definition) is 5. The first-order valence-electron chi connectivity index (χ1n) is 15.5. The van der Waals surface area contributed by atoms with Crippen LogP contribution in [0.2, 0.25) is 0 Å². The Labute approximate surface area is 276 Å². The molecule has 0 saturated carbocycles. The molecule has 48 heavy (non-hydrogen) atoms. The average molecular weight is 621 g/mol. The van der Waals surface area contributed by atoms with E-state index in [1.165, 1.54) is 0 Å². The highest BCUT2D eigenvalue weighted by Crippen LogP contribution is 2.34. The van der Waals surface area contributed by atoms with Gasteiger partial charge in [-0.3, -0.25) is 19.4 Å². The second-order valence-electron chi connectivity index (χ2n) is 11.2. The van der Waals surface area contributed by atoms with E-state index in [2.05, 4.69) is 94.5 Å². The SMILES string of the molecule is C=N/C(=N\C(=N/Cc1cccc(-c2cccc(-c3nc4c(nc5ccccn54)c4ccccc34)c2)c1)c1cccnc1)c1cccnc1. The van der Waals surface area contributed by atoms with Gasteiger partial charge in [0, 0.05) is 58.4 Å². The number of fused-ring (bicyclic) bond motifs is 5. The lowest BCUT2D eigenvalue weighted by atomic mass is 9.97. The van der Waals surface area contributed by atoms with Crippen LogP contribution < -0.4 is 0 Å². The molecule has 0 fully saturated rings. The molecule has 0 N–H and O–H groups in total. The lowest BCUT2D eigenvalue weighted by Gasteiger charge is -2.10. The van der Waals surface area contributed by atoms with Crippen molar-refractivity contribution in [3.05, 3.63) is 163 Å². The maximum Gasteiger partial charge on any atom is 0.165 e. The number of rotatable bonds is 6. The Hall–Kier alpha value is -6.67. The summed E-state index contributed by atoms with van der Waals surface area (Å²) in [6, 6.07) is 38.9. The monoisotopic (exact) mass is 620 g/mol. The Bertz CT molecular complexity index is 2500. The van der Waals surface area contributed by atoms with E-state index in [0.717, 1.165) is 66.7 Å². The molecule has 0 aliphatic heterocycles. The van der Waals surface area contributed by atoms with E-state index in [0.29, 0.717) is 18.2 Å². The molecule has 228 valence electrons. The van der Waals surface area contributed by atoms with E-state index in [1.54, 1.807) is 24.8 Å². The first-order valence-corrected chi connectivity index (χ1v) is 15.5. The van der Waals surface area contributed by atoms with Gasteiger partial charge >= 0.3 is 0 Å². The van der Waals surface area contributed by atoms with Gasteiger partial charge in [-0.25, -0.2) is 20.0 Å². The minimum absolute atomic E-state index is 0.413. The summed E-state index contributed by atoms with van der Waals surface area (Å²) in [6.45, 7) is 4.14. The molecule has 3 aromatic carbocycles. The van der Waals surface area contributed by atoms with Crippen molar-refractivity contribution >= 4 is 46.0 Å². The lowest BCUT2D eigenvalue weighted by Crippen LogP contribution is -2.06. The molecule has 0 atom stereocenters. The molecule has 5 heterocycles. The molecule has 0 spiro atoms. The van der Waals surface area contributed by atoms with Crippen LogP contribution in [0.3, 0.4) is 0 Å². The summed E-state index contributed by atoms with van der Waals surface area (Å²) in [4.78, 5) is 32.4. The maximum atomic E-state index is 5.19. The van der Waals surface area contributed by atoms with Crippen LogP contribution in [0.5, 0.6) is 0 Å². The molecular weight excluding hydrogens is 592 g/mol. The van der Waals surface area contributed by atoms with Crippen LogP contribution in [0.25, 0.3) is 50.0 Å². The van der Waals surface area contributed by atoms with Gasteiger partial charge in [-0.05, 0) is 71.9 Å². The van der Waals surface area contributed by atoms with Gasteiger partial charge in [0.1, 0.15) is 11.2 Å². The van der Waals surface area contributed by atoms with Gasteiger partial charge in [-0.15, -0.1) is 0 Å². The van der Waals surface area contributed by atoms with E-state index in [1.807, 2.05) is 53.1 Å². The number of imidazole rings is 1. The molecule has 0 amide bonds. The van der Waals surface area contributed by atoms with Gasteiger partial charge < -0.3 is 0 Å². The number of aromatic nitrogens is 5. The van der Waals surface area contributed by atoms with Crippen molar-refractivity contribution in [1.29, 1.82) is 0 Å². The lowest BCUT2D eigenvalue weighted by molar-refractivity contribution is 1.06. The Morgan fingerprint density at radius 3 is 2.12 bits per heavy atom. The summed E-state index contributed by atoms with van der Waals surface area (Å²) in [5, 5.41) is 2.15. The number of pyridine rings is 4. The quantitative estimate of drug-likeness (QED) is 0.138. The zero-order chi connectivity index (χ0) is 32.3. The van der Waals surface area contributed by atoms with Crippen LogP contribution in [0.1, 0.15) is 16.7 Å². The molecule has 0 saturated heterocycles. The highest BCUT2D eigenvalue weighted by molar-refractivity contribution is 6.12. The standard InChI is InChI=1S/C40H28N8/c1-41-38(31-14-8-19-42-25-31)47-39(32-15-9-20-43-26-32)44-24-27-10-6-11-28(22-27)29-12-7-13-30(23-29)36-33-16-2-3-17-34(33)37-40(46-36)48-21-5-4-18-35(48)45-37/h2-23,25-26H,1,24H2/b44-39-,47-38-. The van der Waals surface area contributed by atoms with Gasteiger partial charge in [-0.2, -0.15) is 0 Å². The Kier molecular flexibility index (Phi) is 7.56. The third-order valence-corrected chi connectivity index (χ3v) is 8.17. The van der Waals surface area contributed by atoms with Crippen molar-refractivity contribution in [2.45, 2.75) is 6.54 Å². The third-order valence-electron chi connectivity index (χ3n) is 8.17. The topological polar surface area (TPSA) is 93.0 Å². The molecule has 8 heteroatoms. The Morgan fingerprint density at radius 2 is 1.35 bits per heavy atom. The van der Waals surface area contributed by atoms with Gasteiger partial charge in [0.15, 0.2) is 17.3 Å².